The first kappa shape index (κ1) is 22.1. The van der Waals surface area contributed by atoms with Gasteiger partial charge in [0, 0.05) is 60.7 Å². The van der Waals surface area contributed by atoms with Crippen LogP contribution in [0.4, 0.5) is 11.4 Å². The molecule has 4 nitrogen and oxygen atoms in total. The number of aromatic nitrogens is 2. The van der Waals surface area contributed by atoms with Gasteiger partial charge in [-0.2, -0.15) is 0 Å². The van der Waals surface area contributed by atoms with Gasteiger partial charge >= 0.3 is 0 Å². The van der Waals surface area contributed by atoms with Crippen LogP contribution in [0, 0.1) is 0 Å². The topological polar surface area (TPSA) is 32.3 Å². The van der Waals surface area contributed by atoms with Crippen molar-refractivity contribution in [3.8, 4) is 0 Å². The van der Waals surface area contributed by atoms with Gasteiger partial charge in [0.15, 0.2) is 0 Å². The minimum absolute atomic E-state index is 0.947. The van der Waals surface area contributed by atoms with Gasteiger partial charge in [0.1, 0.15) is 0 Å². The normalized spacial score (nSPS) is 11.2. The summed E-state index contributed by atoms with van der Waals surface area (Å²) in [6.07, 6.45) is 5.71. The molecular weight excluding hydrogens is 392 g/mol. The molecule has 0 fully saturated rings. The van der Waals surface area contributed by atoms with Gasteiger partial charge in [0.05, 0.1) is 11.0 Å². The van der Waals surface area contributed by atoms with E-state index in [1.165, 1.54) is 33.3 Å². The van der Waals surface area contributed by atoms with E-state index in [4.69, 9.17) is 9.97 Å². The summed E-state index contributed by atoms with van der Waals surface area (Å²) in [5.74, 6) is 0. The fraction of sp³-hybridized carbons (Fsp3) is 0.357. The molecule has 0 radical (unpaired) electrons. The number of hydrogen-bond acceptors (Lipinski definition) is 4. The van der Waals surface area contributed by atoms with E-state index >= 15 is 0 Å². The summed E-state index contributed by atoms with van der Waals surface area (Å²) in [5.41, 5.74) is 7.39. The lowest BCUT2D eigenvalue weighted by Gasteiger charge is -2.24. The molecule has 0 amide bonds. The van der Waals surface area contributed by atoms with E-state index in [9.17, 15) is 0 Å². The zero-order chi connectivity index (χ0) is 22.5. The number of benzene rings is 2. The largest absolute Gasteiger partial charge is 0.372 e. The van der Waals surface area contributed by atoms with Gasteiger partial charge in [-0.3, -0.25) is 9.97 Å². The van der Waals surface area contributed by atoms with Crippen LogP contribution in [0.2, 0.25) is 0 Å². The van der Waals surface area contributed by atoms with E-state index < -0.39 is 0 Å². The third-order valence-corrected chi connectivity index (χ3v) is 6.53. The molecule has 0 aliphatic heterocycles. The molecule has 2 aromatic heterocycles. The molecule has 32 heavy (non-hydrogen) atoms. The number of fused-ring (bicyclic) bond motifs is 2. The minimum Gasteiger partial charge on any atom is -0.372 e. The molecule has 2 heterocycles. The Morgan fingerprint density at radius 1 is 0.562 bits per heavy atom. The van der Waals surface area contributed by atoms with Crippen molar-refractivity contribution in [1.82, 2.24) is 9.97 Å². The molecule has 0 bridgehead atoms. The van der Waals surface area contributed by atoms with Crippen molar-refractivity contribution in [2.24, 2.45) is 0 Å². The van der Waals surface area contributed by atoms with Crippen molar-refractivity contribution < 1.29 is 0 Å². The summed E-state index contributed by atoms with van der Waals surface area (Å²) in [7, 11) is 0. The van der Waals surface area contributed by atoms with Crippen LogP contribution in [-0.4, -0.2) is 36.1 Å². The van der Waals surface area contributed by atoms with E-state index in [1.807, 2.05) is 24.5 Å². The zero-order valence-corrected chi connectivity index (χ0v) is 19.8. The van der Waals surface area contributed by atoms with Crippen molar-refractivity contribution in [2.75, 3.05) is 36.0 Å². The molecule has 2 aromatic carbocycles. The first-order chi connectivity index (χ1) is 15.7. The van der Waals surface area contributed by atoms with Gasteiger partial charge in [0.25, 0.3) is 0 Å². The third kappa shape index (κ3) is 4.14. The highest BCUT2D eigenvalue weighted by Gasteiger charge is 2.14. The van der Waals surface area contributed by atoms with Crippen molar-refractivity contribution in [1.29, 1.82) is 0 Å². The average molecular weight is 427 g/mol. The standard InChI is InChI=1S/C28H34N4/c1-5-31(6-2)25-17-15-21(27-23(25)11-9-19-29-27)13-14-22-16-18-26(32(7-3)8-4)24-12-10-20-30-28(22)24/h9-12,15-20H,5-8,13-14H2,1-4H3. The maximum absolute atomic E-state index is 4.78. The lowest BCUT2D eigenvalue weighted by molar-refractivity contribution is 0.868. The SMILES string of the molecule is CCN(CC)c1ccc(CCc2ccc(N(CC)CC)c3cccnc23)c2ncccc12. The first-order valence-corrected chi connectivity index (χ1v) is 11.9. The number of rotatable bonds is 9. The molecule has 0 unspecified atom stereocenters. The molecule has 4 aromatic rings. The predicted octanol–water partition coefficient (Wildman–Crippen LogP) is 6.26. The van der Waals surface area contributed by atoms with Gasteiger partial charge < -0.3 is 9.80 Å². The number of pyridine rings is 2. The molecule has 0 atom stereocenters. The number of aryl methyl sites for hydroxylation is 2. The van der Waals surface area contributed by atoms with Crippen LogP contribution in [0.1, 0.15) is 38.8 Å². The molecule has 0 saturated heterocycles. The fourth-order valence-electron chi connectivity index (χ4n) is 4.79. The van der Waals surface area contributed by atoms with Crippen LogP contribution >= 0.6 is 0 Å². The molecule has 0 spiro atoms. The first-order valence-electron chi connectivity index (χ1n) is 11.9. The van der Waals surface area contributed by atoms with E-state index in [2.05, 4.69) is 73.9 Å². The lowest BCUT2D eigenvalue weighted by atomic mass is 9.98. The van der Waals surface area contributed by atoms with Crippen molar-refractivity contribution in [2.45, 2.75) is 40.5 Å². The molecule has 4 heteroatoms. The average Bonchev–Trinajstić information content (AvgIpc) is 2.85. The van der Waals surface area contributed by atoms with Gasteiger partial charge in [-0.05, 0) is 88.1 Å². The zero-order valence-electron chi connectivity index (χ0n) is 19.8. The van der Waals surface area contributed by atoms with Gasteiger partial charge in [-0.1, -0.05) is 12.1 Å². The third-order valence-electron chi connectivity index (χ3n) is 6.53. The Kier molecular flexibility index (Phi) is 6.89. The molecule has 0 N–H and O–H groups in total. The van der Waals surface area contributed by atoms with Gasteiger partial charge in [0.2, 0.25) is 0 Å². The van der Waals surface area contributed by atoms with Crippen LogP contribution in [0.3, 0.4) is 0 Å². The van der Waals surface area contributed by atoms with Crippen LogP contribution in [-0.2, 0) is 12.8 Å². The Labute approximate surface area is 191 Å². The summed E-state index contributed by atoms with van der Waals surface area (Å²) >= 11 is 0. The molecule has 0 aliphatic rings. The van der Waals surface area contributed by atoms with Crippen molar-refractivity contribution in [3.63, 3.8) is 0 Å². The lowest BCUT2D eigenvalue weighted by Crippen LogP contribution is -2.22. The Morgan fingerprint density at radius 2 is 0.969 bits per heavy atom. The van der Waals surface area contributed by atoms with E-state index in [1.54, 1.807) is 0 Å². The summed E-state index contributed by atoms with van der Waals surface area (Å²) in [6.45, 7) is 12.8. The Balaban J connectivity index is 1.69. The smallest absolute Gasteiger partial charge is 0.0754 e. The van der Waals surface area contributed by atoms with Crippen LogP contribution in [0.15, 0.2) is 60.9 Å². The fourth-order valence-corrected chi connectivity index (χ4v) is 4.79. The number of hydrogen-bond donors (Lipinski definition) is 0. The highest BCUT2D eigenvalue weighted by molar-refractivity contribution is 5.95. The highest BCUT2D eigenvalue weighted by atomic mass is 15.1. The summed E-state index contributed by atoms with van der Waals surface area (Å²) in [4.78, 5) is 14.4. The summed E-state index contributed by atoms with van der Waals surface area (Å²) in [5, 5.41) is 2.49. The second-order valence-corrected chi connectivity index (χ2v) is 8.13. The monoisotopic (exact) mass is 426 g/mol. The Morgan fingerprint density at radius 3 is 1.34 bits per heavy atom. The van der Waals surface area contributed by atoms with Gasteiger partial charge in [-0.15, -0.1) is 0 Å². The molecule has 166 valence electrons. The Bertz CT molecular complexity index is 1100. The van der Waals surface area contributed by atoms with Gasteiger partial charge in [-0.25, -0.2) is 0 Å². The quantitative estimate of drug-likeness (QED) is 0.316. The summed E-state index contributed by atoms with van der Waals surface area (Å²) < 4.78 is 0. The minimum atomic E-state index is 0.947. The highest BCUT2D eigenvalue weighted by Crippen LogP contribution is 2.31. The van der Waals surface area contributed by atoms with E-state index in [-0.39, 0.29) is 0 Å². The maximum Gasteiger partial charge on any atom is 0.0754 e. The molecular formula is C28H34N4. The van der Waals surface area contributed by atoms with Crippen LogP contribution < -0.4 is 9.80 Å². The molecule has 0 saturated carbocycles. The number of anilines is 2. The Hall–Kier alpha value is -3.14. The second kappa shape index (κ2) is 9.99. The van der Waals surface area contributed by atoms with Crippen molar-refractivity contribution in [3.05, 3.63) is 72.1 Å². The number of nitrogens with zero attached hydrogens (tertiary/aromatic N) is 4. The maximum atomic E-state index is 4.78. The van der Waals surface area contributed by atoms with E-state index in [0.29, 0.717) is 0 Å². The predicted molar refractivity (Wildman–Crippen MR) is 138 cm³/mol. The molecule has 4 rings (SSSR count). The summed E-state index contributed by atoms with van der Waals surface area (Å²) in [6, 6.07) is 17.6. The van der Waals surface area contributed by atoms with Crippen molar-refractivity contribution >= 4 is 33.2 Å². The second-order valence-electron chi connectivity index (χ2n) is 8.13. The van der Waals surface area contributed by atoms with Crippen LogP contribution in [0.5, 0.6) is 0 Å². The van der Waals surface area contributed by atoms with E-state index in [0.717, 1.165) is 50.1 Å². The molecule has 0 aliphatic carbocycles. The van der Waals surface area contributed by atoms with Crippen LogP contribution in [0.25, 0.3) is 21.8 Å².